The average molecular weight is 173 g/mol. The third-order valence-corrected chi connectivity index (χ3v) is 1.83. The van der Waals surface area contributed by atoms with Crippen molar-refractivity contribution in [3.8, 4) is 0 Å². The minimum absolute atomic E-state index is 0.00274. The second kappa shape index (κ2) is 7.10. The lowest BCUT2D eigenvalue weighted by Gasteiger charge is -2.12. The van der Waals surface area contributed by atoms with Crippen molar-refractivity contribution in [2.75, 3.05) is 6.73 Å². The quantitative estimate of drug-likeness (QED) is 0.491. The Bertz CT molecular complexity index is 120. The largest absolute Gasteiger partial charge is 0.450 e. The summed E-state index contributed by atoms with van der Waals surface area (Å²) in [6.45, 7) is 4.14. The molecular formula is C9H19NO2. The number of carbonyl (C=O) groups is 1. The molecule has 72 valence electrons. The van der Waals surface area contributed by atoms with Crippen molar-refractivity contribution in [1.29, 1.82) is 0 Å². The molecule has 0 aromatic rings. The minimum Gasteiger partial charge on any atom is -0.450 e. The summed E-state index contributed by atoms with van der Waals surface area (Å²) in [7, 11) is 0. The monoisotopic (exact) mass is 173 g/mol. The van der Waals surface area contributed by atoms with Crippen LogP contribution in [-0.2, 0) is 9.53 Å². The lowest BCUT2D eigenvalue weighted by molar-refractivity contribution is -0.148. The van der Waals surface area contributed by atoms with Crippen molar-refractivity contribution in [3.05, 3.63) is 0 Å². The van der Waals surface area contributed by atoms with Gasteiger partial charge in [-0.05, 0) is 12.8 Å². The first-order chi connectivity index (χ1) is 5.76. The van der Waals surface area contributed by atoms with E-state index >= 15 is 0 Å². The van der Waals surface area contributed by atoms with Gasteiger partial charge in [-0.3, -0.25) is 10.5 Å². The Labute approximate surface area is 74.3 Å². The number of ether oxygens (including phenoxy) is 1. The standard InChI is InChI=1S/C9H19NO2/c1-3-5-8(6-4-2)9(11)12-7-10/h8H,3-7,10H2,1-2H3. The summed E-state index contributed by atoms with van der Waals surface area (Å²) in [6.07, 6.45) is 3.86. The van der Waals surface area contributed by atoms with Crippen LogP contribution in [0.1, 0.15) is 39.5 Å². The number of carbonyl (C=O) groups excluding carboxylic acids is 1. The first-order valence-electron chi connectivity index (χ1n) is 4.62. The first kappa shape index (κ1) is 11.4. The Morgan fingerprint density at radius 3 is 2.17 bits per heavy atom. The van der Waals surface area contributed by atoms with Crippen LogP contribution in [0.25, 0.3) is 0 Å². The van der Waals surface area contributed by atoms with Gasteiger partial charge >= 0.3 is 5.97 Å². The zero-order chi connectivity index (χ0) is 9.40. The summed E-state index contributed by atoms with van der Waals surface area (Å²) in [5.41, 5.74) is 5.12. The molecule has 0 aromatic heterocycles. The normalized spacial score (nSPS) is 10.3. The van der Waals surface area contributed by atoms with E-state index in [1.165, 1.54) is 0 Å². The fourth-order valence-corrected chi connectivity index (χ4v) is 1.28. The Hall–Kier alpha value is -0.570. The molecule has 0 unspecified atom stereocenters. The van der Waals surface area contributed by atoms with Crippen LogP contribution in [0.3, 0.4) is 0 Å². The number of esters is 1. The number of nitrogens with two attached hydrogens (primary N) is 1. The van der Waals surface area contributed by atoms with Gasteiger partial charge in [-0.2, -0.15) is 0 Å². The fraction of sp³-hybridized carbons (Fsp3) is 0.889. The maximum Gasteiger partial charge on any atom is 0.310 e. The molecule has 0 fully saturated rings. The first-order valence-corrected chi connectivity index (χ1v) is 4.62. The van der Waals surface area contributed by atoms with Gasteiger partial charge in [-0.25, -0.2) is 0 Å². The predicted molar refractivity (Wildman–Crippen MR) is 48.5 cm³/mol. The molecule has 0 rings (SSSR count). The van der Waals surface area contributed by atoms with Gasteiger partial charge in [0.15, 0.2) is 0 Å². The van der Waals surface area contributed by atoms with E-state index in [9.17, 15) is 4.79 Å². The lowest BCUT2D eigenvalue weighted by atomic mass is 9.99. The van der Waals surface area contributed by atoms with E-state index in [1.54, 1.807) is 0 Å². The molecule has 3 nitrogen and oxygen atoms in total. The van der Waals surface area contributed by atoms with Crippen molar-refractivity contribution in [2.45, 2.75) is 39.5 Å². The van der Waals surface area contributed by atoms with Gasteiger partial charge in [0.2, 0.25) is 0 Å². The molecule has 0 aliphatic carbocycles. The second-order valence-corrected chi connectivity index (χ2v) is 2.90. The van der Waals surface area contributed by atoms with E-state index in [-0.39, 0.29) is 18.6 Å². The maximum atomic E-state index is 11.2. The topological polar surface area (TPSA) is 52.3 Å². The van der Waals surface area contributed by atoms with Crippen LogP contribution in [0.4, 0.5) is 0 Å². The van der Waals surface area contributed by atoms with Gasteiger partial charge in [0, 0.05) is 0 Å². The van der Waals surface area contributed by atoms with E-state index in [0.29, 0.717) is 0 Å². The highest BCUT2D eigenvalue weighted by Crippen LogP contribution is 2.14. The van der Waals surface area contributed by atoms with Gasteiger partial charge in [-0.1, -0.05) is 26.7 Å². The van der Waals surface area contributed by atoms with Crippen LogP contribution < -0.4 is 5.73 Å². The molecule has 3 heteroatoms. The third-order valence-electron chi connectivity index (χ3n) is 1.83. The SMILES string of the molecule is CCCC(CCC)C(=O)OCN. The van der Waals surface area contributed by atoms with Crippen molar-refractivity contribution in [2.24, 2.45) is 11.7 Å². The summed E-state index contributed by atoms with van der Waals surface area (Å²) in [4.78, 5) is 11.2. The van der Waals surface area contributed by atoms with Crippen molar-refractivity contribution in [3.63, 3.8) is 0 Å². The molecule has 0 radical (unpaired) electrons. The van der Waals surface area contributed by atoms with E-state index < -0.39 is 0 Å². The van der Waals surface area contributed by atoms with E-state index in [1.807, 2.05) is 0 Å². The Morgan fingerprint density at radius 1 is 1.33 bits per heavy atom. The van der Waals surface area contributed by atoms with Gasteiger partial charge in [0.1, 0.15) is 6.73 Å². The van der Waals surface area contributed by atoms with Gasteiger partial charge in [0.25, 0.3) is 0 Å². The molecule has 0 aliphatic rings. The van der Waals surface area contributed by atoms with Crippen LogP contribution in [0, 0.1) is 5.92 Å². The predicted octanol–water partition coefficient (Wildman–Crippen LogP) is 1.66. The highest BCUT2D eigenvalue weighted by Gasteiger charge is 2.16. The highest BCUT2D eigenvalue weighted by atomic mass is 16.5. The van der Waals surface area contributed by atoms with Crippen LogP contribution in [0.2, 0.25) is 0 Å². The molecule has 0 saturated carbocycles. The summed E-state index contributed by atoms with van der Waals surface area (Å²) in [5, 5.41) is 0. The fourth-order valence-electron chi connectivity index (χ4n) is 1.28. The van der Waals surface area contributed by atoms with Crippen LogP contribution in [0.5, 0.6) is 0 Å². The molecule has 0 atom stereocenters. The van der Waals surface area contributed by atoms with Crippen LogP contribution in [0.15, 0.2) is 0 Å². The van der Waals surface area contributed by atoms with Gasteiger partial charge in [-0.15, -0.1) is 0 Å². The molecule has 0 spiro atoms. The molecule has 12 heavy (non-hydrogen) atoms. The van der Waals surface area contributed by atoms with E-state index in [2.05, 4.69) is 13.8 Å². The maximum absolute atomic E-state index is 11.2. The minimum atomic E-state index is -0.138. The van der Waals surface area contributed by atoms with E-state index in [4.69, 9.17) is 10.5 Å². The smallest absolute Gasteiger partial charge is 0.310 e. The zero-order valence-electron chi connectivity index (χ0n) is 8.01. The molecule has 0 saturated heterocycles. The lowest BCUT2D eigenvalue weighted by Crippen LogP contribution is -2.20. The molecule has 0 heterocycles. The number of hydrogen-bond acceptors (Lipinski definition) is 3. The van der Waals surface area contributed by atoms with Crippen LogP contribution >= 0.6 is 0 Å². The van der Waals surface area contributed by atoms with Gasteiger partial charge < -0.3 is 4.74 Å². The van der Waals surface area contributed by atoms with Crippen molar-refractivity contribution in [1.82, 2.24) is 0 Å². The third kappa shape index (κ3) is 4.34. The van der Waals surface area contributed by atoms with Crippen LogP contribution in [-0.4, -0.2) is 12.7 Å². The molecular weight excluding hydrogens is 154 g/mol. The molecule has 0 aromatic carbocycles. The summed E-state index contributed by atoms with van der Waals surface area (Å²) in [6, 6.07) is 0. The number of hydrogen-bond donors (Lipinski definition) is 1. The molecule has 0 aliphatic heterocycles. The van der Waals surface area contributed by atoms with Crippen molar-refractivity contribution >= 4 is 5.97 Å². The zero-order valence-corrected chi connectivity index (χ0v) is 8.01. The molecule has 2 N–H and O–H groups in total. The Morgan fingerprint density at radius 2 is 1.83 bits per heavy atom. The second-order valence-electron chi connectivity index (χ2n) is 2.90. The summed E-state index contributed by atoms with van der Waals surface area (Å²) in [5.74, 6) is -0.0789. The highest BCUT2D eigenvalue weighted by molar-refractivity contribution is 5.72. The molecule has 0 amide bonds. The molecule has 0 bridgehead atoms. The van der Waals surface area contributed by atoms with E-state index in [0.717, 1.165) is 25.7 Å². The average Bonchev–Trinajstić information content (AvgIpc) is 2.04. The number of rotatable bonds is 6. The summed E-state index contributed by atoms with van der Waals surface area (Å²) < 4.78 is 4.75. The van der Waals surface area contributed by atoms with Gasteiger partial charge in [0.05, 0.1) is 5.92 Å². The summed E-state index contributed by atoms with van der Waals surface area (Å²) >= 11 is 0. The van der Waals surface area contributed by atoms with Crippen molar-refractivity contribution < 1.29 is 9.53 Å². The Kier molecular flexibility index (Phi) is 6.76. The Balaban J connectivity index is 3.81.